The molecule has 1 aromatic heterocycles. The molecule has 0 radical (unpaired) electrons. The lowest BCUT2D eigenvalue weighted by atomic mass is 10.0. The van der Waals surface area contributed by atoms with Gasteiger partial charge in [0.15, 0.2) is 11.5 Å². The molecule has 0 amide bonds. The molecule has 6 nitrogen and oxygen atoms in total. The van der Waals surface area contributed by atoms with Gasteiger partial charge in [0, 0.05) is 30.2 Å². The molecule has 2 aromatic carbocycles. The summed E-state index contributed by atoms with van der Waals surface area (Å²) in [6.07, 6.45) is 4.02. The summed E-state index contributed by atoms with van der Waals surface area (Å²) < 4.78 is 11.9. The first kappa shape index (κ1) is 24.1. The summed E-state index contributed by atoms with van der Waals surface area (Å²) >= 11 is 12.2. The van der Waals surface area contributed by atoms with Crippen LogP contribution in [0.2, 0.25) is 10.0 Å². The average molecular weight is 510 g/mol. The summed E-state index contributed by atoms with van der Waals surface area (Å²) in [7, 11) is 3.87. The van der Waals surface area contributed by atoms with E-state index < -0.39 is 0 Å². The van der Waals surface area contributed by atoms with E-state index >= 15 is 0 Å². The van der Waals surface area contributed by atoms with Gasteiger partial charge in [-0.2, -0.15) is 0 Å². The summed E-state index contributed by atoms with van der Waals surface area (Å²) in [4.78, 5) is 11.3. The van der Waals surface area contributed by atoms with Crippen LogP contribution in [0.3, 0.4) is 0 Å². The molecule has 3 atom stereocenters. The Morgan fingerprint density at radius 3 is 2.48 bits per heavy atom. The summed E-state index contributed by atoms with van der Waals surface area (Å²) in [5, 5.41) is 5.11. The van der Waals surface area contributed by atoms with Gasteiger partial charge in [-0.15, -0.1) is 12.4 Å². The fraction of sp³-hybridized carbons (Fsp3) is 0.417. The van der Waals surface area contributed by atoms with E-state index in [2.05, 4.69) is 27.2 Å². The van der Waals surface area contributed by atoms with Gasteiger partial charge >= 0.3 is 0 Å². The zero-order chi connectivity index (χ0) is 22.2. The van der Waals surface area contributed by atoms with Crippen LogP contribution in [0.5, 0.6) is 11.5 Å². The van der Waals surface area contributed by atoms with Crippen molar-refractivity contribution >= 4 is 58.0 Å². The fourth-order valence-electron chi connectivity index (χ4n) is 5.15. The van der Waals surface area contributed by atoms with E-state index in [1.807, 2.05) is 18.2 Å². The van der Waals surface area contributed by atoms with Crippen molar-refractivity contribution in [1.82, 2.24) is 14.9 Å². The van der Waals surface area contributed by atoms with E-state index in [9.17, 15) is 0 Å². The number of rotatable bonds is 6. The van der Waals surface area contributed by atoms with Gasteiger partial charge < -0.3 is 19.7 Å². The first-order valence-corrected chi connectivity index (χ1v) is 11.6. The molecule has 3 aromatic rings. The second kappa shape index (κ2) is 10.1. The quantitative estimate of drug-likeness (QED) is 0.435. The predicted molar refractivity (Wildman–Crippen MR) is 136 cm³/mol. The van der Waals surface area contributed by atoms with E-state index in [-0.39, 0.29) is 12.4 Å². The Bertz CT molecular complexity index is 1130. The standard InChI is InChI=1S/C24H26Cl2N4O2.ClH/c1-30-10-15-5-14(6-16(15)11-30)12-32-23-9-21-18(8-22(23)31-2)24(28-13-27-21)29-17-3-4-19(25)20(26)7-17;/h3-4,7-9,13-16H,5-6,10-12H2,1-2H3,(H,27,28,29);1H/t14-,15+,16-;. The lowest BCUT2D eigenvalue weighted by Crippen LogP contribution is -2.18. The number of halogens is 3. The van der Waals surface area contributed by atoms with Crippen molar-refractivity contribution in [3.63, 3.8) is 0 Å². The van der Waals surface area contributed by atoms with Gasteiger partial charge in [0.25, 0.3) is 0 Å². The third-order valence-corrected chi connectivity index (χ3v) is 7.35. The molecule has 33 heavy (non-hydrogen) atoms. The molecule has 1 saturated carbocycles. The minimum atomic E-state index is 0. The SMILES string of the molecule is COc1cc2c(Nc3ccc(Cl)c(Cl)c3)ncnc2cc1OC[C@H]1C[C@@H]2CN(C)C[C@@H]2C1.Cl. The maximum Gasteiger partial charge on any atom is 0.163 e. The zero-order valence-electron chi connectivity index (χ0n) is 18.6. The number of likely N-dealkylation sites (tertiary alicyclic amines) is 1. The maximum absolute atomic E-state index is 6.25. The minimum Gasteiger partial charge on any atom is -0.493 e. The van der Waals surface area contributed by atoms with E-state index in [0.717, 1.165) is 28.4 Å². The largest absolute Gasteiger partial charge is 0.493 e. The molecule has 2 aliphatic rings. The maximum atomic E-state index is 6.25. The van der Waals surface area contributed by atoms with Crippen LogP contribution in [-0.2, 0) is 0 Å². The first-order chi connectivity index (χ1) is 15.5. The highest BCUT2D eigenvalue weighted by Gasteiger charge is 2.39. The molecule has 9 heteroatoms. The Kier molecular flexibility index (Phi) is 7.39. The van der Waals surface area contributed by atoms with Crippen LogP contribution < -0.4 is 14.8 Å². The molecular formula is C24H27Cl3N4O2. The lowest BCUT2D eigenvalue weighted by molar-refractivity contribution is 0.227. The predicted octanol–water partition coefficient (Wildman–Crippen LogP) is 6.08. The summed E-state index contributed by atoms with van der Waals surface area (Å²) in [5.41, 5.74) is 1.57. The number of nitrogens with one attached hydrogen (secondary N) is 1. The van der Waals surface area contributed by atoms with Crippen molar-refractivity contribution in [3.05, 3.63) is 46.7 Å². The van der Waals surface area contributed by atoms with Crippen LogP contribution in [0.25, 0.3) is 10.9 Å². The topological polar surface area (TPSA) is 59.5 Å². The Labute approximate surface area is 210 Å². The number of nitrogens with zero attached hydrogens (tertiary/aromatic N) is 3. The van der Waals surface area contributed by atoms with Crippen molar-refractivity contribution in [2.45, 2.75) is 12.8 Å². The van der Waals surface area contributed by atoms with E-state index in [1.165, 1.54) is 32.3 Å². The second-order valence-corrected chi connectivity index (χ2v) is 9.70. The number of methoxy groups -OCH3 is 1. The van der Waals surface area contributed by atoms with Crippen LogP contribution in [0.15, 0.2) is 36.7 Å². The van der Waals surface area contributed by atoms with E-state index in [1.54, 1.807) is 19.2 Å². The van der Waals surface area contributed by atoms with Crippen molar-refractivity contribution in [2.75, 3.05) is 39.2 Å². The van der Waals surface area contributed by atoms with Gasteiger partial charge in [-0.1, -0.05) is 23.2 Å². The lowest BCUT2D eigenvalue weighted by Gasteiger charge is -2.17. The van der Waals surface area contributed by atoms with Crippen LogP contribution in [0.1, 0.15) is 12.8 Å². The van der Waals surface area contributed by atoms with Crippen LogP contribution in [0, 0.1) is 17.8 Å². The van der Waals surface area contributed by atoms with Crippen molar-refractivity contribution in [2.24, 2.45) is 17.8 Å². The highest BCUT2D eigenvalue weighted by atomic mass is 35.5. The van der Waals surface area contributed by atoms with Crippen molar-refractivity contribution < 1.29 is 9.47 Å². The molecule has 0 bridgehead atoms. The molecule has 1 aliphatic heterocycles. The fourth-order valence-corrected chi connectivity index (χ4v) is 5.45. The molecule has 1 aliphatic carbocycles. The highest BCUT2D eigenvalue weighted by Crippen LogP contribution is 2.42. The Hall–Kier alpha value is -1.99. The highest BCUT2D eigenvalue weighted by molar-refractivity contribution is 6.42. The Morgan fingerprint density at radius 1 is 1.03 bits per heavy atom. The van der Waals surface area contributed by atoms with Crippen LogP contribution >= 0.6 is 35.6 Å². The summed E-state index contributed by atoms with van der Waals surface area (Å²) in [6, 6.07) is 9.21. The van der Waals surface area contributed by atoms with E-state index in [0.29, 0.717) is 39.9 Å². The summed E-state index contributed by atoms with van der Waals surface area (Å²) in [6.45, 7) is 3.13. The van der Waals surface area contributed by atoms with Gasteiger partial charge in [-0.05, 0) is 61.9 Å². The Morgan fingerprint density at radius 2 is 1.79 bits per heavy atom. The number of hydrogen-bond donors (Lipinski definition) is 1. The van der Waals surface area contributed by atoms with Crippen molar-refractivity contribution in [3.8, 4) is 11.5 Å². The number of anilines is 2. The second-order valence-electron chi connectivity index (χ2n) is 8.89. The van der Waals surface area contributed by atoms with Gasteiger partial charge in [-0.25, -0.2) is 9.97 Å². The van der Waals surface area contributed by atoms with Gasteiger partial charge in [-0.3, -0.25) is 0 Å². The molecule has 1 N–H and O–H groups in total. The number of hydrogen-bond acceptors (Lipinski definition) is 6. The molecular weight excluding hydrogens is 483 g/mol. The number of benzene rings is 2. The number of aromatic nitrogens is 2. The first-order valence-electron chi connectivity index (χ1n) is 10.9. The van der Waals surface area contributed by atoms with Gasteiger partial charge in [0.1, 0.15) is 12.1 Å². The number of fused-ring (bicyclic) bond motifs is 2. The molecule has 2 fully saturated rings. The third-order valence-electron chi connectivity index (χ3n) is 6.61. The van der Waals surface area contributed by atoms with Crippen molar-refractivity contribution in [1.29, 1.82) is 0 Å². The van der Waals surface area contributed by atoms with Crippen LogP contribution in [-0.4, -0.2) is 48.7 Å². The normalized spacial score (nSPS) is 22.1. The van der Waals surface area contributed by atoms with E-state index in [4.69, 9.17) is 32.7 Å². The van der Waals surface area contributed by atoms with Gasteiger partial charge in [0.2, 0.25) is 0 Å². The average Bonchev–Trinajstić information content (AvgIpc) is 3.31. The molecule has 0 spiro atoms. The summed E-state index contributed by atoms with van der Waals surface area (Å²) in [5.74, 6) is 4.27. The number of ether oxygens (including phenoxy) is 2. The molecule has 0 unspecified atom stereocenters. The Balaban J connectivity index is 0.00000259. The minimum absolute atomic E-state index is 0. The third kappa shape index (κ3) is 5.09. The zero-order valence-corrected chi connectivity index (χ0v) is 20.9. The molecule has 176 valence electrons. The molecule has 2 heterocycles. The molecule has 1 saturated heterocycles. The monoisotopic (exact) mass is 508 g/mol. The molecule has 5 rings (SSSR count). The van der Waals surface area contributed by atoms with Gasteiger partial charge in [0.05, 0.1) is 29.3 Å². The van der Waals surface area contributed by atoms with Crippen LogP contribution in [0.4, 0.5) is 11.5 Å². The smallest absolute Gasteiger partial charge is 0.163 e.